The number of nitrogens with one attached hydrogen (secondary N) is 4. The summed E-state index contributed by atoms with van der Waals surface area (Å²) in [6.07, 6.45) is 1.46. The molecule has 122 valence electrons. The molecule has 6 nitrogen and oxygen atoms in total. The third-order valence-corrected chi connectivity index (χ3v) is 3.15. The molecule has 22 heavy (non-hydrogen) atoms. The van der Waals surface area contributed by atoms with Crippen molar-refractivity contribution in [3.8, 4) is 0 Å². The van der Waals surface area contributed by atoms with Crippen molar-refractivity contribution in [2.75, 3.05) is 6.54 Å². The maximum absolute atomic E-state index is 12.3. The zero-order valence-electron chi connectivity index (χ0n) is 13.4. The molecule has 0 bridgehead atoms. The van der Waals surface area contributed by atoms with Crippen LogP contribution in [0, 0.1) is 5.41 Å². The second-order valence-electron chi connectivity index (χ2n) is 5.56. The first-order valence-electron chi connectivity index (χ1n) is 7.64. The van der Waals surface area contributed by atoms with Crippen molar-refractivity contribution >= 4 is 11.9 Å². The average molecular weight is 305 g/mol. The van der Waals surface area contributed by atoms with Gasteiger partial charge in [-0.05, 0) is 18.4 Å². The molecule has 0 saturated heterocycles. The molecular formula is C16H27N5O. The van der Waals surface area contributed by atoms with Crippen LogP contribution < -0.4 is 21.7 Å². The van der Waals surface area contributed by atoms with Crippen LogP contribution in [0.3, 0.4) is 0 Å². The van der Waals surface area contributed by atoms with E-state index in [1.807, 2.05) is 44.2 Å². The Kier molecular flexibility index (Phi) is 7.99. The molecule has 6 heteroatoms. The van der Waals surface area contributed by atoms with Crippen molar-refractivity contribution in [2.24, 2.45) is 5.73 Å². The lowest BCUT2D eigenvalue weighted by Crippen LogP contribution is -2.47. The fourth-order valence-corrected chi connectivity index (χ4v) is 2.13. The van der Waals surface area contributed by atoms with Crippen molar-refractivity contribution < 1.29 is 4.79 Å². The third kappa shape index (κ3) is 7.64. The Bertz CT molecular complexity index is 461. The summed E-state index contributed by atoms with van der Waals surface area (Å²) in [6, 6.07) is 9.84. The Labute approximate surface area is 132 Å². The summed E-state index contributed by atoms with van der Waals surface area (Å²) in [7, 11) is 0. The highest BCUT2D eigenvalue weighted by atomic mass is 16.2. The fourth-order valence-electron chi connectivity index (χ4n) is 2.13. The van der Waals surface area contributed by atoms with E-state index >= 15 is 0 Å². The topological polar surface area (TPSA) is 103 Å². The van der Waals surface area contributed by atoms with Gasteiger partial charge in [0.25, 0.3) is 0 Å². The number of guanidine groups is 1. The summed E-state index contributed by atoms with van der Waals surface area (Å²) in [5.41, 5.74) is 6.32. The van der Waals surface area contributed by atoms with E-state index in [1.54, 1.807) is 0 Å². The lowest BCUT2D eigenvalue weighted by Gasteiger charge is -2.21. The van der Waals surface area contributed by atoms with E-state index in [0.29, 0.717) is 19.5 Å². The Morgan fingerprint density at radius 1 is 1.23 bits per heavy atom. The molecule has 0 aliphatic carbocycles. The SMILES string of the molecule is CC(C)NC(CCCNC(=N)N)C(=O)NCc1ccccc1. The monoisotopic (exact) mass is 305 g/mol. The van der Waals surface area contributed by atoms with Gasteiger partial charge in [-0.1, -0.05) is 44.2 Å². The van der Waals surface area contributed by atoms with Crippen LogP contribution in [0.25, 0.3) is 0 Å². The van der Waals surface area contributed by atoms with E-state index in [4.69, 9.17) is 11.1 Å². The second kappa shape index (κ2) is 9.78. The van der Waals surface area contributed by atoms with E-state index < -0.39 is 0 Å². The maximum atomic E-state index is 12.3. The summed E-state index contributed by atoms with van der Waals surface area (Å²) in [4.78, 5) is 12.3. The number of nitrogens with two attached hydrogens (primary N) is 1. The van der Waals surface area contributed by atoms with E-state index in [0.717, 1.165) is 12.0 Å². The number of hydrogen-bond donors (Lipinski definition) is 5. The van der Waals surface area contributed by atoms with E-state index in [1.165, 1.54) is 0 Å². The first-order valence-corrected chi connectivity index (χ1v) is 7.64. The van der Waals surface area contributed by atoms with Crippen LogP contribution in [0.2, 0.25) is 0 Å². The van der Waals surface area contributed by atoms with Gasteiger partial charge in [0.1, 0.15) is 0 Å². The molecule has 1 rings (SSSR count). The smallest absolute Gasteiger partial charge is 0.237 e. The minimum absolute atomic E-state index is 0.000350. The molecule has 0 saturated carbocycles. The third-order valence-electron chi connectivity index (χ3n) is 3.15. The lowest BCUT2D eigenvalue weighted by atomic mass is 10.1. The van der Waals surface area contributed by atoms with Crippen LogP contribution in [0.4, 0.5) is 0 Å². The largest absolute Gasteiger partial charge is 0.370 e. The van der Waals surface area contributed by atoms with Gasteiger partial charge in [-0.2, -0.15) is 0 Å². The number of rotatable bonds is 9. The van der Waals surface area contributed by atoms with Crippen LogP contribution in [-0.4, -0.2) is 30.5 Å². The average Bonchev–Trinajstić information content (AvgIpc) is 2.48. The van der Waals surface area contributed by atoms with Crippen LogP contribution in [-0.2, 0) is 11.3 Å². The van der Waals surface area contributed by atoms with Crippen LogP contribution in [0.5, 0.6) is 0 Å². The molecule has 0 spiro atoms. The van der Waals surface area contributed by atoms with Gasteiger partial charge in [0.05, 0.1) is 6.04 Å². The standard InChI is InChI=1S/C16H27N5O/c1-12(2)21-14(9-6-10-19-16(17)18)15(22)20-11-13-7-4-3-5-8-13/h3-5,7-8,12,14,21H,6,9-11H2,1-2H3,(H,20,22)(H4,17,18,19). The quantitative estimate of drug-likeness (QED) is 0.266. The fraction of sp³-hybridized carbons (Fsp3) is 0.500. The normalized spacial score (nSPS) is 12.0. The van der Waals surface area contributed by atoms with Gasteiger partial charge in [-0.25, -0.2) is 0 Å². The van der Waals surface area contributed by atoms with Gasteiger partial charge in [0, 0.05) is 19.1 Å². The van der Waals surface area contributed by atoms with Gasteiger partial charge in [0.2, 0.25) is 5.91 Å². The van der Waals surface area contributed by atoms with E-state index in [-0.39, 0.29) is 24.0 Å². The molecule has 0 radical (unpaired) electrons. The highest BCUT2D eigenvalue weighted by Crippen LogP contribution is 2.02. The molecule has 1 atom stereocenters. The highest BCUT2D eigenvalue weighted by molar-refractivity contribution is 5.81. The van der Waals surface area contributed by atoms with Crippen molar-refractivity contribution in [3.63, 3.8) is 0 Å². The first kappa shape index (κ1) is 18.0. The zero-order valence-corrected chi connectivity index (χ0v) is 13.4. The predicted molar refractivity (Wildman–Crippen MR) is 89.5 cm³/mol. The van der Waals surface area contributed by atoms with Gasteiger partial charge in [-0.3, -0.25) is 10.2 Å². The zero-order chi connectivity index (χ0) is 16.4. The van der Waals surface area contributed by atoms with Crippen molar-refractivity contribution in [1.82, 2.24) is 16.0 Å². The second-order valence-corrected chi connectivity index (χ2v) is 5.56. The predicted octanol–water partition coefficient (Wildman–Crippen LogP) is 0.933. The molecule has 6 N–H and O–H groups in total. The maximum Gasteiger partial charge on any atom is 0.237 e. The number of benzene rings is 1. The lowest BCUT2D eigenvalue weighted by molar-refractivity contribution is -0.123. The van der Waals surface area contributed by atoms with Crippen molar-refractivity contribution in [2.45, 2.75) is 45.3 Å². The molecule has 0 aliphatic heterocycles. The van der Waals surface area contributed by atoms with Crippen molar-refractivity contribution in [1.29, 1.82) is 5.41 Å². The molecular weight excluding hydrogens is 278 g/mol. The number of carbonyl (C=O) groups is 1. The molecule has 0 aromatic heterocycles. The number of hydrogen-bond acceptors (Lipinski definition) is 3. The van der Waals surface area contributed by atoms with Gasteiger partial charge >= 0.3 is 0 Å². The molecule has 1 unspecified atom stereocenters. The summed E-state index contributed by atoms with van der Waals surface area (Å²) in [5, 5.41) is 16.1. The summed E-state index contributed by atoms with van der Waals surface area (Å²) in [5.74, 6) is -0.0396. The Balaban J connectivity index is 2.43. The first-order chi connectivity index (χ1) is 10.5. The molecule has 1 aromatic carbocycles. The Morgan fingerprint density at radius 2 is 1.91 bits per heavy atom. The van der Waals surface area contributed by atoms with E-state index in [2.05, 4.69) is 16.0 Å². The Hall–Kier alpha value is -2.08. The molecule has 0 aliphatic rings. The minimum Gasteiger partial charge on any atom is -0.370 e. The van der Waals surface area contributed by atoms with Crippen molar-refractivity contribution in [3.05, 3.63) is 35.9 Å². The van der Waals surface area contributed by atoms with Gasteiger partial charge in [0.15, 0.2) is 5.96 Å². The van der Waals surface area contributed by atoms with Crippen LogP contribution in [0.1, 0.15) is 32.3 Å². The highest BCUT2D eigenvalue weighted by Gasteiger charge is 2.18. The number of amides is 1. The Morgan fingerprint density at radius 3 is 2.50 bits per heavy atom. The van der Waals surface area contributed by atoms with Crippen LogP contribution >= 0.6 is 0 Å². The van der Waals surface area contributed by atoms with Gasteiger partial charge in [-0.15, -0.1) is 0 Å². The van der Waals surface area contributed by atoms with Crippen LogP contribution in [0.15, 0.2) is 30.3 Å². The van der Waals surface area contributed by atoms with Gasteiger partial charge < -0.3 is 21.7 Å². The molecule has 0 heterocycles. The summed E-state index contributed by atoms with van der Waals surface area (Å²) in [6.45, 7) is 5.16. The molecule has 1 aromatic rings. The molecule has 1 amide bonds. The van der Waals surface area contributed by atoms with E-state index in [9.17, 15) is 4.79 Å². The minimum atomic E-state index is -0.238. The molecule has 0 fully saturated rings. The number of carbonyl (C=O) groups excluding carboxylic acids is 1. The summed E-state index contributed by atoms with van der Waals surface area (Å²) >= 11 is 0. The summed E-state index contributed by atoms with van der Waals surface area (Å²) < 4.78 is 0.